The second-order valence-electron chi connectivity index (χ2n) is 4.66. The van der Waals surface area contributed by atoms with Crippen molar-refractivity contribution in [3.63, 3.8) is 0 Å². The Balaban J connectivity index is 3.01. The molecule has 0 saturated carbocycles. The molecule has 0 aromatic heterocycles. The summed E-state index contributed by atoms with van der Waals surface area (Å²) in [6, 6.07) is 0. The maximum atomic E-state index is 11.0. The van der Waals surface area contributed by atoms with Crippen LogP contribution in [0.5, 0.6) is 0 Å². The molecule has 0 aliphatic carbocycles. The third-order valence-corrected chi connectivity index (χ3v) is 3.64. The first-order valence-corrected chi connectivity index (χ1v) is 4.81. The predicted octanol–water partition coefficient (Wildman–Crippen LogP) is 0.883. The lowest BCUT2D eigenvalue weighted by Gasteiger charge is -2.38. The fraction of sp³-hybridized carbons (Fsp3) is 0.900. The normalized spacial score (nSPS) is 38.6. The summed E-state index contributed by atoms with van der Waals surface area (Å²) in [7, 11) is 0. The summed E-state index contributed by atoms with van der Waals surface area (Å²) in [6.45, 7) is 6.83. The van der Waals surface area contributed by atoms with E-state index in [4.69, 9.17) is 9.84 Å². The van der Waals surface area contributed by atoms with Crippen LogP contribution in [0.3, 0.4) is 0 Å². The number of carboxylic acids is 1. The van der Waals surface area contributed by atoms with Crippen LogP contribution >= 0.6 is 0 Å². The van der Waals surface area contributed by atoms with Crippen LogP contribution < -0.4 is 0 Å². The molecule has 0 aromatic carbocycles. The van der Waals surface area contributed by atoms with Crippen molar-refractivity contribution < 1.29 is 19.7 Å². The van der Waals surface area contributed by atoms with Crippen molar-refractivity contribution in [2.75, 3.05) is 6.61 Å². The van der Waals surface area contributed by atoms with E-state index in [9.17, 15) is 9.90 Å². The Kier molecular flexibility index (Phi) is 2.63. The average Bonchev–Trinajstić information content (AvgIpc) is 2.34. The van der Waals surface area contributed by atoms with Gasteiger partial charge in [0.1, 0.15) is 5.60 Å². The predicted molar refractivity (Wildman–Crippen MR) is 50.9 cm³/mol. The average molecular weight is 202 g/mol. The van der Waals surface area contributed by atoms with E-state index in [1.807, 2.05) is 13.8 Å². The van der Waals surface area contributed by atoms with Crippen molar-refractivity contribution in [1.82, 2.24) is 0 Å². The van der Waals surface area contributed by atoms with Crippen LogP contribution in [-0.4, -0.2) is 34.5 Å². The molecule has 82 valence electrons. The van der Waals surface area contributed by atoms with Gasteiger partial charge in [0.05, 0.1) is 18.1 Å². The molecule has 1 heterocycles. The Labute approximate surface area is 83.9 Å². The molecule has 1 aliphatic heterocycles. The van der Waals surface area contributed by atoms with Crippen LogP contribution in [0.25, 0.3) is 0 Å². The van der Waals surface area contributed by atoms with Crippen LogP contribution in [0.15, 0.2) is 0 Å². The highest BCUT2D eigenvalue weighted by Crippen LogP contribution is 2.43. The van der Waals surface area contributed by atoms with Gasteiger partial charge in [0.25, 0.3) is 0 Å². The van der Waals surface area contributed by atoms with Gasteiger partial charge in [-0.3, -0.25) is 4.79 Å². The first kappa shape index (κ1) is 11.5. The summed E-state index contributed by atoms with van der Waals surface area (Å²) in [5.41, 5.74) is -2.46. The zero-order valence-electron chi connectivity index (χ0n) is 9.07. The molecule has 4 heteroatoms. The van der Waals surface area contributed by atoms with Gasteiger partial charge in [-0.2, -0.15) is 0 Å². The minimum absolute atomic E-state index is 0.0919. The molecule has 0 aromatic rings. The van der Waals surface area contributed by atoms with Crippen molar-refractivity contribution in [3.8, 4) is 0 Å². The van der Waals surface area contributed by atoms with Gasteiger partial charge < -0.3 is 14.9 Å². The second-order valence-corrected chi connectivity index (χ2v) is 4.66. The van der Waals surface area contributed by atoms with Crippen LogP contribution in [-0.2, 0) is 9.53 Å². The van der Waals surface area contributed by atoms with Crippen molar-refractivity contribution in [2.45, 2.75) is 39.4 Å². The van der Waals surface area contributed by atoms with E-state index in [2.05, 4.69) is 0 Å². The molecule has 0 amide bonds. The van der Waals surface area contributed by atoms with Gasteiger partial charge in [0.2, 0.25) is 0 Å². The quantitative estimate of drug-likeness (QED) is 0.697. The molecule has 4 nitrogen and oxygen atoms in total. The van der Waals surface area contributed by atoms with Crippen LogP contribution in [0.2, 0.25) is 0 Å². The third kappa shape index (κ3) is 1.33. The van der Waals surface area contributed by atoms with E-state index < -0.39 is 17.0 Å². The maximum absolute atomic E-state index is 11.0. The Morgan fingerprint density at radius 1 is 1.50 bits per heavy atom. The summed E-state index contributed by atoms with van der Waals surface area (Å²) in [5.74, 6) is -1.17. The van der Waals surface area contributed by atoms with Crippen LogP contribution in [0.4, 0.5) is 0 Å². The van der Waals surface area contributed by atoms with Crippen molar-refractivity contribution >= 4 is 5.97 Å². The smallest absolute Gasteiger partial charge is 0.312 e. The van der Waals surface area contributed by atoms with Crippen LogP contribution in [0, 0.1) is 11.3 Å². The Hall–Kier alpha value is -0.610. The van der Waals surface area contributed by atoms with E-state index in [1.165, 1.54) is 13.8 Å². The molecule has 3 atom stereocenters. The lowest BCUT2D eigenvalue weighted by molar-refractivity contribution is -0.168. The summed E-state index contributed by atoms with van der Waals surface area (Å²) >= 11 is 0. The molecule has 2 N–H and O–H groups in total. The molecule has 14 heavy (non-hydrogen) atoms. The topological polar surface area (TPSA) is 66.8 Å². The van der Waals surface area contributed by atoms with Gasteiger partial charge in [-0.05, 0) is 20.8 Å². The summed E-state index contributed by atoms with van der Waals surface area (Å²) in [6.07, 6.45) is -0.0985. The minimum Gasteiger partial charge on any atom is -0.481 e. The van der Waals surface area contributed by atoms with Gasteiger partial charge in [-0.25, -0.2) is 0 Å². The molecule has 0 radical (unpaired) electrons. The van der Waals surface area contributed by atoms with Gasteiger partial charge in [0, 0.05) is 5.92 Å². The number of hydrogen-bond donors (Lipinski definition) is 2. The maximum Gasteiger partial charge on any atom is 0.312 e. The van der Waals surface area contributed by atoms with E-state index in [1.54, 1.807) is 0 Å². The number of carboxylic acid groups (broad SMARTS) is 1. The molecular formula is C10H18O4. The molecular weight excluding hydrogens is 184 g/mol. The highest BCUT2D eigenvalue weighted by atomic mass is 16.5. The monoisotopic (exact) mass is 202 g/mol. The Morgan fingerprint density at radius 2 is 2.00 bits per heavy atom. The lowest BCUT2D eigenvalue weighted by atomic mass is 9.68. The molecule has 1 aliphatic rings. The fourth-order valence-corrected chi connectivity index (χ4v) is 1.86. The van der Waals surface area contributed by atoms with E-state index in [0.717, 1.165) is 0 Å². The number of carbonyl (C=O) groups is 1. The van der Waals surface area contributed by atoms with Gasteiger partial charge in [0.15, 0.2) is 0 Å². The largest absolute Gasteiger partial charge is 0.481 e. The van der Waals surface area contributed by atoms with E-state index in [-0.39, 0.29) is 18.6 Å². The number of aliphatic carboxylic acids is 1. The SMILES string of the molecule is CC1OCC(O)(C(C)(C)C(=O)O)C1C. The lowest BCUT2D eigenvalue weighted by Crippen LogP contribution is -2.54. The highest BCUT2D eigenvalue weighted by Gasteiger charge is 2.57. The Morgan fingerprint density at radius 3 is 2.29 bits per heavy atom. The third-order valence-electron chi connectivity index (χ3n) is 3.64. The van der Waals surface area contributed by atoms with Crippen molar-refractivity contribution in [2.24, 2.45) is 11.3 Å². The zero-order chi connectivity index (χ0) is 11.1. The molecule has 1 fully saturated rings. The number of aliphatic hydroxyl groups is 1. The summed E-state index contributed by atoms with van der Waals surface area (Å²) in [5, 5.41) is 19.4. The number of hydrogen-bond acceptors (Lipinski definition) is 3. The van der Waals surface area contributed by atoms with Gasteiger partial charge >= 0.3 is 5.97 Å². The molecule has 0 spiro atoms. The molecule has 1 rings (SSSR count). The number of ether oxygens (including phenoxy) is 1. The minimum atomic E-state index is -1.28. The summed E-state index contributed by atoms with van der Waals surface area (Å²) < 4.78 is 5.30. The van der Waals surface area contributed by atoms with Gasteiger partial charge in [-0.1, -0.05) is 6.92 Å². The first-order chi connectivity index (χ1) is 6.23. The molecule has 3 unspecified atom stereocenters. The number of rotatable bonds is 2. The van der Waals surface area contributed by atoms with E-state index >= 15 is 0 Å². The fourth-order valence-electron chi connectivity index (χ4n) is 1.86. The molecule has 0 bridgehead atoms. The van der Waals surface area contributed by atoms with E-state index in [0.29, 0.717) is 0 Å². The van der Waals surface area contributed by atoms with Crippen LogP contribution in [0.1, 0.15) is 27.7 Å². The zero-order valence-corrected chi connectivity index (χ0v) is 9.07. The van der Waals surface area contributed by atoms with Gasteiger partial charge in [-0.15, -0.1) is 0 Å². The van der Waals surface area contributed by atoms with Crippen molar-refractivity contribution in [3.05, 3.63) is 0 Å². The molecule has 1 saturated heterocycles. The highest BCUT2D eigenvalue weighted by molar-refractivity contribution is 5.75. The Bertz CT molecular complexity index is 249. The summed E-state index contributed by atoms with van der Waals surface area (Å²) in [4.78, 5) is 11.0. The van der Waals surface area contributed by atoms with Crippen molar-refractivity contribution in [1.29, 1.82) is 0 Å². The standard InChI is InChI=1S/C10H18O4/c1-6-7(2)14-5-10(6,13)9(3,4)8(11)12/h6-7,13H,5H2,1-4H3,(H,11,12). The second kappa shape index (κ2) is 3.21. The first-order valence-electron chi connectivity index (χ1n) is 4.81.